The maximum Gasteiger partial charge on any atom is 0.261 e. The van der Waals surface area contributed by atoms with Crippen LogP contribution in [0.5, 0.6) is 5.75 Å². The zero-order chi connectivity index (χ0) is 20.7. The maximum absolute atomic E-state index is 12.9. The van der Waals surface area contributed by atoms with Gasteiger partial charge in [0.2, 0.25) is 5.91 Å². The number of halogens is 2. The largest absolute Gasteiger partial charge is 0.484 e. The van der Waals surface area contributed by atoms with E-state index in [2.05, 4.69) is 27.9 Å². The topological polar surface area (TPSA) is 58.6 Å². The van der Waals surface area contributed by atoms with E-state index in [1.807, 2.05) is 56.3 Å². The van der Waals surface area contributed by atoms with E-state index in [9.17, 15) is 9.59 Å². The van der Waals surface area contributed by atoms with Crippen LogP contribution >= 0.6 is 34.2 Å². The van der Waals surface area contributed by atoms with E-state index in [1.54, 1.807) is 13.0 Å². The Labute approximate surface area is 184 Å². The molecule has 0 aliphatic rings. The number of carbonyl (C=O) groups excluding carboxylic acids is 2. The Morgan fingerprint density at radius 2 is 1.75 bits per heavy atom. The average Bonchev–Trinajstić information content (AvgIpc) is 2.65. The van der Waals surface area contributed by atoms with Crippen molar-refractivity contribution in [1.82, 2.24) is 10.2 Å². The number of carbonyl (C=O) groups is 2. The SMILES string of the molecule is CC(C)NC(=O)[C@@H](C)N(Cc1ccccc1Cl)C(=O)COc1ccc(I)cc1. The third-order valence-electron chi connectivity index (χ3n) is 4.07. The van der Waals surface area contributed by atoms with Crippen molar-refractivity contribution in [3.05, 3.63) is 62.7 Å². The standard InChI is InChI=1S/C21H24ClIN2O3/c1-14(2)24-21(27)15(3)25(12-16-6-4-5-7-19(16)22)20(26)13-28-18-10-8-17(23)9-11-18/h4-11,14-15H,12-13H2,1-3H3,(H,24,27)/t15-/m1/s1. The lowest BCUT2D eigenvalue weighted by atomic mass is 10.1. The molecule has 0 heterocycles. The molecule has 0 aromatic heterocycles. The zero-order valence-electron chi connectivity index (χ0n) is 16.1. The molecule has 0 aliphatic heterocycles. The first kappa shape index (κ1) is 22.5. The minimum Gasteiger partial charge on any atom is -0.484 e. The molecule has 0 radical (unpaired) electrons. The van der Waals surface area contributed by atoms with Crippen LogP contribution in [0.2, 0.25) is 5.02 Å². The molecule has 150 valence electrons. The summed E-state index contributed by atoms with van der Waals surface area (Å²) in [6.45, 7) is 5.53. The van der Waals surface area contributed by atoms with Gasteiger partial charge in [0.05, 0.1) is 0 Å². The Hall–Kier alpha value is -1.80. The Balaban J connectivity index is 2.15. The summed E-state index contributed by atoms with van der Waals surface area (Å²) >= 11 is 8.46. The summed E-state index contributed by atoms with van der Waals surface area (Å²) < 4.78 is 6.70. The first-order valence-corrected chi connectivity index (χ1v) is 10.4. The molecule has 2 amide bonds. The van der Waals surface area contributed by atoms with Gasteiger partial charge < -0.3 is 15.0 Å². The second-order valence-corrected chi connectivity index (χ2v) is 8.35. The minimum atomic E-state index is -0.661. The fourth-order valence-electron chi connectivity index (χ4n) is 2.56. The van der Waals surface area contributed by atoms with Crippen LogP contribution in [0.4, 0.5) is 0 Å². The Kier molecular flexibility index (Phi) is 8.57. The minimum absolute atomic E-state index is 0.0183. The highest BCUT2D eigenvalue weighted by Gasteiger charge is 2.27. The van der Waals surface area contributed by atoms with E-state index in [0.717, 1.165) is 9.13 Å². The molecule has 2 aromatic carbocycles. The molecule has 0 spiro atoms. The van der Waals surface area contributed by atoms with E-state index in [-0.39, 0.29) is 31.0 Å². The van der Waals surface area contributed by atoms with Crippen molar-refractivity contribution in [1.29, 1.82) is 0 Å². The van der Waals surface area contributed by atoms with Gasteiger partial charge in [0.25, 0.3) is 5.91 Å². The molecule has 0 aliphatic carbocycles. The summed E-state index contributed by atoms with van der Waals surface area (Å²) in [7, 11) is 0. The number of ether oxygens (including phenoxy) is 1. The van der Waals surface area contributed by atoms with Crippen LogP contribution in [0.25, 0.3) is 0 Å². The van der Waals surface area contributed by atoms with Gasteiger partial charge in [-0.25, -0.2) is 0 Å². The highest BCUT2D eigenvalue weighted by atomic mass is 127. The Morgan fingerprint density at radius 3 is 2.36 bits per heavy atom. The van der Waals surface area contributed by atoms with Crippen LogP contribution < -0.4 is 10.1 Å². The van der Waals surface area contributed by atoms with Crippen LogP contribution in [0.1, 0.15) is 26.3 Å². The molecule has 2 aromatic rings. The second-order valence-electron chi connectivity index (χ2n) is 6.69. The van der Waals surface area contributed by atoms with E-state index in [0.29, 0.717) is 10.8 Å². The fourth-order valence-corrected chi connectivity index (χ4v) is 3.11. The highest BCUT2D eigenvalue weighted by Crippen LogP contribution is 2.19. The van der Waals surface area contributed by atoms with Crippen LogP contribution in [-0.4, -0.2) is 35.4 Å². The van der Waals surface area contributed by atoms with Gasteiger partial charge in [-0.2, -0.15) is 0 Å². The van der Waals surface area contributed by atoms with Gasteiger partial charge in [0.1, 0.15) is 11.8 Å². The summed E-state index contributed by atoms with van der Waals surface area (Å²) in [6, 6.07) is 14.0. The smallest absolute Gasteiger partial charge is 0.261 e. The monoisotopic (exact) mass is 514 g/mol. The van der Waals surface area contributed by atoms with Gasteiger partial charge in [-0.1, -0.05) is 29.8 Å². The molecule has 1 N–H and O–H groups in total. The van der Waals surface area contributed by atoms with Crippen molar-refractivity contribution >= 4 is 46.0 Å². The number of hydrogen-bond donors (Lipinski definition) is 1. The van der Waals surface area contributed by atoms with Gasteiger partial charge in [-0.3, -0.25) is 9.59 Å². The van der Waals surface area contributed by atoms with E-state index >= 15 is 0 Å². The van der Waals surface area contributed by atoms with Crippen molar-refractivity contribution in [2.24, 2.45) is 0 Å². The summed E-state index contributed by atoms with van der Waals surface area (Å²) in [5, 5.41) is 3.40. The number of benzene rings is 2. The molecule has 0 bridgehead atoms. The summed E-state index contributed by atoms with van der Waals surface area (Å²) in [5.41, 5.74) is 0.774. The molecule has 0 saturated carbocycles. The number of nitrogens with one attached hydrogen (secondary N) is 1. The van der Waals surface area contributed by atoms with Crippen molar-refractivity contribution in [3.8, 4) is 5.75 Å². The van der Waals surface area contributed by atoms with Crippen molar-refractivity contribution in [3.63, 3.8) is 0 Å². The molecule has 2 rings (SSSR count). The lowest BCUT2D eigenvalue weighted by molar-refractivity contribution is -0.142. The lowest BCUT2D eigenvalue weighted by Gasteiger charge is -2.29. The van der Waals surface area contributed by atoms with Crippen molar-refractivity contribution in [2.45, 2.75) is 39.4 Å². The molecule has 1 atom stereocenters. The molecule has 28 heavy (non-hydrogen) atoms. The van der Waals surface area contributed by atoms with E-state index < -0.39 is 6.04 Å². The number of rotatable bonds is 8. The van der Waals surface area contributed by atoms with Crippen LogP contribution in [0.3, 0.4) is 0 Å². The van der Waals surface area contributed by atoms with E-state index in [4.69, 9.17) is 16.3 Å². The zero-order valence-corrected chi connectivity index (χ0v) is 19.0. The molecule has 0 unspecified atom stereocenters. The first-order valence-electron chi connectivity index (χ1n) is 8.99. The molecule has 0 saturated heterocycles. The van der Waals surface area contributed by atoms with Crippen molar-refractivity contribution < 1.29 is 14.3 Å². The number of nitrogens with zero attached hydrogens (tertiary/aromatic N) is 1. The highest BCUT2D eigenvalue weighted by molar-refractivity contribution is 14.1. The third-order valence-corrected chi connectivity index (χ3v) is 5.16. The predicted octanol–water partition coefficient (Wildman–Crippen LogP) is 4.27. The number of hydrogen-bond acceptors (Lipinski definition) is 3. The Bertz CT molecular complexity index is 812. The molecule has 0 fully saturated rings. The fraction of sp³-hybridized carbons (Fsp3) is 0.333. The molecular formula is C21H24ClIN2O3. The molecule has 7 heteroatoms. The normalized spacial score (nSPS) is 11.8. The summed E-state index contributed by atoms with van der Waals surface area (Å²) in [4.78, 5) is 26.9. The maximum atomic E-state index is 12.9. The van der Waals surface area contributed by atoms with Gasteiger partial charge in [-0.05, 0) is 79.3 Å². The van der Waals surface area contributed by atoms with E-state index in [1.165, 1.54) is 4.90 Å². The Morgan fingerprint density at radius 1 is 1.11 bits per heavy atom. The van der Waals surface area contributed by atoms with Crippen LogP contribution in [-0.2, 0) is 16.1 Å². The lowest BCUT2D eigenvalue weighted by Crippen LogP contribution is -2.50. The molecular weight excluding hydrogens is 491 g/mol. The number of amides is 2. The van der Waals surface area contributed by atoms with Gasteiger partial charge >= 0.3 is 0 Å². The van der Waals surface area contributed by atoms with Gasteiger partial charge in [-0.15, -0.1) is 0 Å². The van der Waals surface area contributed by atoms with Gasteiger partial charge in [0, 0.05) is 21.2 Å². The molecule has 5 nitrogen and oxygen atoms in total. The van der Waals surface area contributed by atoms with Gasteiger partial charge in [0.15, 0.2) is 6.61 Å². The summed E-state index contributed by atoms with van der Waals surface area (Å²) in [6.07, 6.45) is 0. The second kappa shape index (κ2) is 10.7. The first-order chi connectivity index (χ1) is 13.3. The third kappa shape index (κ3) is 6.67. The van der Waals surface area contributed by atoms with Crippen LogP contribution in [0, 0.1) is 3.57 Å². The van der Waals surface area contributed by atoms with Crippen LogP contribution in [0.15, 0.2) is 48.5 Å². The quantitative estimate of drug-likeness (QED) is 0.536. The summed E-state index contributed by atoms with van der Waals surface area (Å²) in [5.74, 6) is 0.0975. The predicted molar refractivity (Wildman–Crippen MR) is 119 cm³/mol. The van der Waals surface area contributed by atoms with Crippen molar-refractivity contribution in [2.75, 3.05) is 6.61 Å². The average molecular weight is 515 g/mol.